The molecule has 3 heterocycles. The van der Waals surface area contributed by atoms with Gasteiger partial charge in [0, 0.05) is 37.5 Å². The number of amides is 2. The van der Waals surface area contributed by atoms with E-state index in [2.05, 4.69) is 5.32 Å². The van der Waals surface area contributed by atoms with Gasteiger partial charge in [0.15, 0.2) is 11.4 Å². The van der Waals surface area contributed by atoms with Gasteiger partial charge in [-0.05, 0) is 37.2 Å². The normalized spacial score (nSPS) is 20.9. The summed E-state index contributed by atoms with van der Waals surface area (Å²) >= 11 is 0. The number of nitrogens with zero attached hydrogens (tertiary/aromatic N) is 2. The molecule has 0 radical (unpaired) electrons. The van der Waals surface area contributed by atoms with Crippen molar-refractivity contribution in [1.29, 1.82) is 0 Å². The molecule has 1 aromatic carbocycles. The second kappa shape index (κ2) is 6.90. The lowest BCUT2D eigenvalue weighted by atomic mass is 9.90. The van der Waals surface area contributed by atoms with Crippen LogP contribution in [0.2, 0.25) is 0 Å². The van der Waals surface area contributed by atoms with E-state index >= 15 is 0 Å². The van der Waals surface area contributed by atoms with Crippen molar-refractivity contribution in [2.45, 2.75) is 38.3 Å². The molecule has 7 nitrogen and oxygen atoms in total. The molecule has 2 N–H and O–H groups in total. The van der Waals surface area contributed by atoms with E-state index in [1.54, 1.807) is 9.47 Å². The van der Waals surface area contributed by atoms with Crippen molar-refractivity contribution in [2.24, 2.45) is 5.41 Å². The van der Waals surface area contributed by atoms with Crippen molar-refractivity contribution in [3.05, 3.63) is 63.1 Å². The Labute approximate surface area is 176 Å². The Morgan fingerprint density at radius 1 is 1.23 bits per heavy atom. The van der Waals surface area contributed by atoms with E-state index in [1.165, 1.54) is 12.3 Å². The van der Waals surface area contributed by atoms with Gasteiger partial charge in [-0.15, -0.1) is 0 Å². The van der Waals surface area contributed by atoms with Crippen molar-refractivity contribution >= 4 is 11.8 Å². The van der Waals surface area contributed by atoms with Crippen LogP contribution in [0.25, 0.3) is 0 Å². The van der Waals surface area contributed by atoms with E-state index in [1.807, 2.05) is 0 Å². The Bertz CT molecular complexity index is 1170. The minimum Gasteiger partial charge on any atom is -0.503 e. The number of benzene rings is 1. The lowest BCUT2D eigenvalue weighted by Crippen LogP contribution is -2.46. The fourth-order valence-corrected chi connectivity index (χ4v) is 4.92. The lowest BCUT2D eigenvalue weighted by Gasteiger charge is -2.37. The number of carbonyl (C=O) groups is 2. The number of hydrogen-bond donors (Lipinski definition) is 2. The molecule has 1 aromatic heterocycles. The fraction of sp³-hybridized carbons (Fsp3) is 0.409. The van der Waals surface area contributed by atoms with Crippen molar-refractivity contribution in [3.63, 3.8) is 0 Å². The largest absolute Gasteiger partial charge is 0.503 e. The van der Waals surface area contributed by atoms with E-state index in [4.69, 9.17) is 0 Å². The minimum absolute atomic E-state index is 0.0106. The fourth-order valence-electron chi connectivity index (χ4n) is 4.92. The van der Waals surface area contributed by atoms with Crippen LogP contribution < -0.4 is 10.7 Å². The van der Waals surface area contributed by atoms with E-state index in [9.17, 15) is 28.3 Å². The molecule has 1 atom stereocenters. The molecule has 9 heteroatoms. The average Bonchev–Trinajstić information content (AvgIpc) is 3.53. The van der Waals surface area contributed by atoms with Crippen molar-refractivity contribution in [3.8, 4) is 5.75 Å². The highest BCUT2D eigenvalue weighted by Gasteiger charge is 2.54. The van der Waals surface area contributed by atoms with Gasteiger partial charge >= 0.3 is 0 Å². The maximum Gasteiger partial charge on any atom is 0.274 e. The van der Waals surface area contributed by atoms with Crippen LogP contribution in [-0.4, -0.2) is 39.5 Å². The number of pyridine rings is 1. The predicted octanol–water partition coefficient (Wildman–Crippen LogP) is 2.33. The summed E-state index contributed by atoms with van der Waals surface area (Å²) in [5, 5.41) is 13.0. The molecule has 5 rings (SSSR count). The molecule has 3 aliphatic rings. The standard InChI is InChI=1S/C22H21F2N3O4/c23-13-3-2-12(15(24)8-13)9-25-20(30)14-10-27-16-11-26(7-1-4-22(16)5-6-22)21(31)17(27)19(29)18(14)28/h2-3,8,10,16,29H,1,4-7,9,11H2,(H,25,30)/t16-/m0/s1. The molecule has 1 spiro atoms. The first kappa shape index (κ1) is 19.7. The third-order valence-corrected chi connectivity index (χ3v) is 6.83. The van der Waals surface area contributed by atoms with Crippen molar-refractivity contribution in [1.82, 2.24) is 14.8 Å². The molecule has 1 saturated heterocycles. The van der Waals surface area contributed by atoms with Crippen LogP contribution in [0.1, 0.15) is 58.1 Å². The monoisotopic (exact) mass is 429 g/mol. The molecule has 2 fully saturated rings. The van der Waals surface area contributed by atoms with E-state index in [0.29, 0.717) is 19.2 Å². The number of aromatic nitrogens is 1. The van der Waals surface area contributed by atoms with Gasteiger partial charge in [-0.3, -0.25) is 14.4 Å². The van der Waals surface area contributed by atoms with Crippen LogP contribution >= 0.6 is 0 Å². The summed E-state index contributed by atoms with van der Waals surface area (Å²) in [6, 6.07) is 2.87. The summed E-state index contributed by atoms with van der Waals surface area (Å²) in [6.07, 6.45) is 5.14. The summed E-state index contributed by atoms with van der Waals surface area (Å²) in [5.41, 5.74) is -1.26. The highest BCUT2D eigenvalue weighted by Crippen LogP contribution is 2.60. The van der Waals surface area contributed by atoms with Crippen LogP contribution in [0.15, 0.2) is 29.2 Å². The van der Waals surface area contributed by atoms with Gasteiger partial charge in [0.1, 0.15) is 17.2 Å². The maximum absolute atomic E-state index is 13.8. The number of halogens is 2. The predicted molar refractivity (Wildman–Crippen MR) is 106 cm³/mol. The number of carbonyl (C=O) groups excluding carboxylic acids is 2. The molecule has 1 saturated carbocycles. The molecule has 31 heavy (non-hydrogen) atoms. The van der Waals surface area contributed by atoms with Gasteiger partial charge in [-0.25, -0.2) is 8.78 Å². The summed E-state index contributed by atoms with van der Waals surface area (Å²) in [5.74, 6) is -3.50. The molecular formula is C22H21F2N3O4. The van der Waals surface area contributed by atoms with Crippen molar-refractivity contribution < 1.29 is 23.5 Å². The van der Waals surface area contributed by atoms with Gasteiger partial charge in [0.05, 0.1) is 6.04 Å². The molecule has 2 aliphatic heterocycles. The Morgan fingerprint density at radius 3 is 2.71 bits per heavy atom. The zero-order valence-electron chi connectivity index (χ0n) is 16.7. The summed E-state index contributed by atoms with van der Waals surface area (Å²) < 4.78 is 28.5. The van der Waals surface area contributed by atoms with Gasteiger partial charge < -0.3 is 19.9 Å². The zero-order chi connectivity index (χ0) is 21.9. The molecule has 0 unspecified atom stereocenters. The minimum atomic E-state index is -0.943. The molecular weight excluding hydrogens is 408 g/mol. The average molecular weight is 429 g/mol. The Balaban J connectivity index is 1.50. The quantitative estimate of drug-likeness (QED) is 0.784. The van der Waals surface area contributed by atoms with Gasteiger partial charge in [-0.2, -0.15) is 0 Å². The SMILES string of the molecule is O=C(NCc1ccc(F)cc1F)c1cn2c(c(O)c1=O)C(=O)N1CCCC3(CC3)[C@@H]2C1. The van der Waals surface area contributed by atoms with Crippen LogP contribution in [0.5, 0.6) is 5.75 Å². The smallest absolute Gasteiger partial charge is 0.274 e. The second-order valence-corrected chi connectivity index (χ2v) is 8.63. The van der Waals surface area contributed by atoms with Gasteiger partial charge in [-0.1, -0.05) is 6.07 Å². The third-order valence-electron chi connectivity index (χ3n) is 6.83. The number of aromatic hydroxyl groups is 1. The van der Waals surface area contributed by atoms with Crippen LogP contribution in [0.4, 0.5) is 8.78 Å². The molecule has 162 valence electrons. The summed E-state index contributed by atoms with van der Waals surface area (Å²) in [4.78, 5) is 40.0. The second-order valence-electron chi connectivity index (χ2n) is 8.63. The summed E-state index contributed by atoms with van der Waals surface area (Å²) in [6.45, 7) is 0.805. The first-order valence-electron chi connectivity index (χ1n) is 10.3. The van der Waals surface area contributed by atoms with Crippen LogP contribution in [-0.2, 0) is 6.54 Å². The highest BCUT2D eigenvalue weighted by molar-refractivity contribution is 5.99. The number of nitrogens with one attached hydrogen (secondary N) is 1. The Kier molecular flexibility index (Phi) is 4.39. The van der Waals surface area contributed by atoms with Gasteiger partial charge in [0.2, 0.25) is 5.43 Å². The number of rotatable bonds is 3. The van der Waals surface area contributed by atoms with Crippen molar-refractivity contribution in [2.75, 3.05) is 13.1 Å². The Hall–Kier alpha value is -3.23. The molecule has 2 amide bonds. The van der Waals surface area contributed by atoms with Crippen LogP contribution in [0.3, 0.4) is 0 Å². The van der Waals surface area contributed by atoms with E-state index in [0.717, 1.165) is 31.7 Å². The lowest BCUT2D eigenvalue weighted by molar-refractivity contribution is 0.0651. The maximum atomic E-state index is 13.8. The number of fused-ring (bicyclic) bond motifs is 5. The van der Waals surface area contributed by atoms with E-state index < -0.39 is 34.6 Å². The summed E-state index contributed by atoms with van der Waals surface area (Å²) in [7, 11) is 0. The van der Waals surface area contributed by atoms with E-state index in [-0.39, 0.29) is 34.8 Å². The van der Waals surface area contributed by atoms with Crippen LogP contribution in [0, 0.1) is 17.0 Å². The number of hydrogen-bond acceptors (Lipinski definition) is 4. The molecule has 2 aromatic rings. The Morgan fingerprint density at radius 2 is 2.00 bits per heavy atom. The first-order valence-corrected chi connectivity index (χ1v) is 10.3. The first-order chi connectivity index (χ1) is 14.8. The molecule has 2 bridgehead atoms. The highest BCUT2D eigenvalue weighted by atomic mass is 19.1. The molecule has 1 aliphatic carbocycles. The zero-order valence-corrected chi connectivity index (χ0v) is 16.7. The third kappa shape index (κ3) is 3.10. The van der Waals surface area contributed by atoms with Gasteiger partial charge in [0.25, 0.3) is 11.8 Å². The topological polar surface area (TPSA) is 91.6 Å².